The number of allylic oxidation sites excluding steroid dienone is 2. The molecule has 0 fully saturated rings. The van der Waals surface area contributed by atoms with Crippen molar-refractivity contribution in [1.29, 1.82) is 0 Å². The van der Waals surface area contributed by atoms with E-state index in [0.717, 1.165) is 6.42 Å². The van der Waals surface area contributed by atoms with E-state index in [-0.39, 0.29) is 16.9 Å². The fraction of sp³-hybridized carbons (Fsp3) is 0.134. The van der Waals surface area contributed by atoms with E-state index in [1.807, 2.05) is 0 Å². The van der Waals surface area contributed by atoms with Gasteiger partial charge in [0.25, 0.3) is 0 Å². The summed E-state index contributed by atoms with van der Waals surface area (Å²) in [6, 6.07) is 80.2. The number of hydrogen-bond acceptors (Lipinski definition) is 1. The summed E-state index contributed by atoms with van der Waals surface area (Å²) in [5.41, 5.74) is 24.2. The fourth-order valence-corrected chi connectivity index (χ4v) is 13.4. The van der Waals surface area contributed by atoms with Gasteiger partial charge < -0.3 is 9.47 Å². The van der Waals surface area contributed by atoms with E-state index in [9.17, 15) is 0 Å². The summed E-state index contributed by atoms with van der Waals surface area (Å²) in [6.07, 6.45) is 6.02. The van der Waals surface area contributed by atoms with Crippen LogP contribution in [0.4, 0.5) is 11.4 Å². The summed E-state index contributed by atoms with van der Waals surface area (Å²) in [4.78, 5) is 2.64. The molecule has 1 atom stereocenters. The highest BCUT2D eigenvalue weighted by Crippen LogP contribution is 2.63. The molecule has 0 N–H and O–H groups in total. The molecule has 0 saturated carbocycles. The molecule has 0 saturated heterocycles. The quantitative estimate of drug-likeness (QED) is 0.167. The lowest BCUT2D eigenvalue weighted by atomic mass is 9.55. The lowest BCUT2D eigenvalue weighted by Gasteiger charge is -2.46. The van der Waals surface area contributed by atoms with E-state index in [2.05, 4.69) is 262 Å². The Balaban J connectivity index is 0.950. The van der Waals surface area contributed by atoms with E-state index in [1.54, 1.807) is 0 Å². The number of aromatic nitrogens is 1. The molecule has 0 radical (unpaired) electrons. The zero-order valence-corrected chi connectivity index (χ0v) is 39.5. The molecule has 9 aromatic carbocycles. The highest BCUT2D eigenvalue weighted by Gasteiger charge is 2.53. The molecule has 2 nitrogen and oxygen atoms in total. The van der Waals surface area contributed by atoms with E-state index in [0.29, 0.717) is 0 Å². The average molecular weight is 885 g/mol. The van der Waals surface area contributed by atoms with Crippen molar-refractivity contribution in [3.8, 4) is 27.9 Å². The molecular formula is C67H52N2. The van der Waals surface area contributed by atoms with Crippen molar-refractivity contribution >= 4 is 38.8 Å². The van der Waals surface area contributed by atoms with Gasteiger partial charge >= 0.3 is 0 Å². The van der Waals surface area contributed by atoms with Gasteiger partial charge in [0, 0.05) is 38.7 Å². The van der Waals surface area contributed by atoms with Crippen LogP contribution in [0.3, 0.4) is 0 Å². The van der Waals surface area contributed by atoms with Crippen LogP contribution in [0.15, 0.2) is 230 Å². The molecule has 4 aliphatic carbocycles. The maximum atomic E-state index is 2.64. The zero-order valence-electron chi connectivity index (χ0n) is 39.5. The predicted molar refractivity (Wildman–Crippen MR) is 288 cm³/mol. The summed E-state index contributed by atoms with van der Waals surface area (Å²) < 4.78 is 2.39. The zero-order chi connectivity index (χ0) is 46.2. The van der Waals surface area contributed by atoms with Crippen LogP contribution >= 0.6 is 0 Å². The van der Waals surface area contributed by atoms with Crippen molar-refractivity contribution in [1.82, 2.24) is 4.57 Å². The Hall–Kier alpha value is -7.94. The standard InChI is InChI=1S/C67H52N2/c1-65(2)55-23-11-8-20-49(55)51-37-35-47(41-61(51)65)68(46-33-30-43(31-34-46)44-32-39-64-54(40-44)53-22-10-17-29-63(53)69(64)45-18-6-5-7-19-45)48-36-38-52-50-21-9-12-24-56(50)67(62(52)42-48)59-27-15-13-25-57(59)66(3,4)58-26-14-16-28-60(58)67/h5-34,36-42,47H,35H2,1-4H3. The number of para-hydroxylation sites is 2. The molecule has 0 bridgehead atoms. The maximum Gasteiger partial charge on any atom is 0.0720 e. The van der Waals surface area contributed by atoms with Crippen molar-refractivity contribution in [3.05, 3.63) is 275 Å². The molecule has 1 spiro atoms. The largest absolute Gasteiger partial charge is 0.334 e. The highest BCUT2D eigenvalue weighted by molar-refractivity contribution is 6.10. The van der Waals surface area contributed by atoms with Gasteiger partial charge in [-0.2, -0.15) is 0 Å². The van der Waals surface area contributed by atoms with Crippen LogP contribution in [0, 0.1) is 0 Å². The summed E-state index contributed by atoms with van der Waals surface area (Å²) in [6.45, 7) is 9.63. The third-order valence-electron chi connectivity index (χ3n) is 16.6. The minimum absolute atomic E-state index is 0.0892. The monoisotopic (exact) mass is 884 g/mol. The van der Waals surface area contributed by atoms with Crippen LogP contribution in [0.25, 0.3) is 55.3 Å². The van der Waals surface area contributed by atoms with Gasteiger partial charge in [0.1, 0.15) is 0 Å². The molecule has 4 aliphatic rings. The Morgan fingerprint density at radius 3 is 1.72 bits per heavy atom. The summed E-state index contributed by atoms with van der Waals surface area (Å²) in [7, 11) is 0. The van der Waals surface area contributed by atoms with Gasteiger partial charge in [0.2, 0.25) is 0 Å². The Kier molecular flexibility index (Phi) is 8.46. The summed E-state index contributed by atoms with van der Waals surface area (Å²) in [5.74, 6) is 0. The van der Waals surface area contributed by atoms with Crippen molar-refractivity contribution in [2.75, 3.05) is 4.90 Å². The maximum absolute atomic E-state index is 2.64. The first kappa shape index (κ1) is 40.2. The first-order valence-corrected chi connectivity index (χ1v) is 24.7. The fourth-order valence-electron chi connectivity index (χ4n) is 13.4. The number of benzene rings is 9. The molecule has 0 aliphatic heterocycles. The second-order valence-corrected chi connectivity index (χ2v) is 20.8. The van der Waals surface area contributed by atoms with Gasteiger partial charge in [-0.15, -0.1) is 0 Å². The second kappa shape index (κ2) is 14.5. The summed E-state index contributed by atoms with van der Waals surface area (Å²) in [5, 5.41) is 2.52. The van der Waals surface area contributed by atoms with E-state index < -0.39 is 5.41 Å². The van der Waals surface area contributed by atoms with Gasteiger partial charge in [-0.3, -0.25) is 0 Å². The van der Waals surface area contributed by atoms with Gasteiger partial charge in [0.15, 0.2) is 0 Å². The van der Waals surface area contributed by atoms with Gasteiger partial charge in [-0.05, 0) is 139 Å². The lowest BCUT2D eigenvalue weighted by Crippen LogP contribution is -2.40. The van der Waals surface area contributed by atoms with Crippen LogP contribution in [0.2, 0.25) is 0 Å². The molecule has 330 valence electrons. The third kappa shape index (κ3) is 5.49. The molecule has 10 aromatic rings. The van der Waals surface area contributed by atoms with Crippen LogP contribution in [0.1, 0.15) is 78.6 Å². The lowest BCUT2D eigenvalue weighted by molar-refractivity contribution is 0.563. The Labute approximate surface area is 405 Å². The van der Waals surface area contributed by atoms with E-state index >= 15 is 0 Å². The normalized spacial score (nSPS) is 17.3. The van der Waals surface area contributed by atoms with Crippen molar-refractivity contribution < 1.29 is 0 Å². The molecule has 2 heteroatoms. The Bertz CT molecular complexity index is 3770. The first-order valence-electron chi connectivity index (χ1n) is 24.7. The first-order chi connectivity index (χ1) is 33.7. The van der Waals surface area contributed by atoms with Crippen LogP contribution in [0.5, 0.6) is 0 Å². The average Bonchev–Trinajstić information content (AvgIpc) is 3.97. The molecule has 0 amide bonds. The number of anilines is 2. The van der Waals surface area contributed by atoms with E-state index in [4.69, 9.17) is 0 Å². The predicted octanol–water partition coefficient (Wildman–Crippen LogP) is 16.7. The SMILES string of the molecule is CC1(C)C2=CC(N(c3ccc(-c4ccc5c(c4)c4ccccc4n5-c4ccccc4)cc3)c3ccc4c(c3)C3(c5ccccc5-4)c4ccccc4C(C)(C)c4ccccc43)CC=C2c2ccccc21. The van der Waals surface area contributed by atoms with Crippen molar-refractivity contribution in [2.24, 2.45) is 0 Å². The Morgan fingerprint density at radius 1 is 0.420 bits per heavy atom. The van der Waals surface area contributed by atoms with Gasteiger partial charge in [-0.1, -0.05) is 198 Å². The van der Waals surface area contributed by atoms with Crippen LogP contribution in [-0.4, -0.2) is 10.6 Å². The number of fused-ring (bicyclic) bond motifs is 15. The minimum Gasteiger partial charge on any atom is -0.334 e. The number of rotatable bonds is 5. The third-order valence-corrected chi connectivity index (χ3v) is 16.6. The van der Waals surface area contributed by atoms with Crippen molar-refractivity contribution in [3.63, 3.8) is 0 Å². The molecule has 1 aromatic heterocycles. The Morgan fingerprint density at radius 2 is 0.986 bits per heavy atom. The molecule has 69 heavy (non-hydrogen) atoms. The number of hydrogen-bond donors (Lipinski definition) is 0. The molecule has 14 rings (SSSR count). The summed E-state index contributed by atoms with van der Waals surface area (Å²) >= 11 is 0. The second-order valence-electron chi connectivity index (χ2n) is 20.8. The highest BCUT2D eigenvalue weighted by atomic mass is 15.2. The topological polar surface area (TPSA) is 8.17 Å². The molecular weight excluding hydrogens is 833 g/mol. The molecule has 1 unspecified atom stereocenters. The van der Waals surface area contributed by atoms with Crippen LogP contribution < -0.4 is 4.90 Å². The number of nitrogens with zero attached hydrogens (tertiary/aromatic N) is 2. The minimum atomic E-state index is -0.477. The van der Waals surface area contributed by atoms with Gasteiger partial charge in [-0.25, -0.2) is 0 Å². The smallest absolute Gasteiger partial charge is 0.0720 e. The van der Waals surface area contributed by atoms with Crippen molar-refractivity contribution in [2.45, 2.75) is 56.4 Å². The van der Waals surface area contributed by atoms with Gasteiger partial charge in [0.05, 0.1) is 22.5 Å². The van der Waals surface area contributed by atoms with E-state index in [1.165, 1.54) is 117 Å². The van der Waals surface area contributed by atoms with Crippen LogP contribution in [-0.2, 0) is 16.2 Å². The molecule has 1 heterocycles.